The lowest BCUT2D eigenvalue weighted by Gasteiger charge is -2.14. The Hall–Kier alpha value is -3.98. The number of nitrogens with zero attached hydrogens (tertiary/aromatic N) is 5. The summed E-state index contributed by atoms with van der Waals surface area (Å²) in [4.78, 5) is 25.3. The molecule has 154 valence electrons. The average Bonchev–Trinajstić information content (AvgIpc) is 3.38. The lowest BCUT2D eigenvalue weighted by molar-refractivity contribution is 0.0959. The third-order valence-corrected chi connectivity index (χ3v) is 5.22. The third-order valence-electron chi connectivity index (χ3n) is 4.94. The van der Waals surface area contributed by atoms with E-state index < -0.39 is 0 Å². The zero-order valence-electron chi connectivity index (χ0n) is 16.2. The van der Waals surface area contributed by atoms with Crippen LogP contribution in [-0.2, 0) is 0 Å². The van der Waals surface area contributed by atoms with E-state index in [-0.39, 0.29) is 23.2 Å². The fourth-order valence-corrected chi connectivity index (χ4v) is 3.67. The molecule has 0 spiro atoms. The van der Waals surface area contributed by atoms with E-state index in [9.17, 15) is 9.18 Å². The molecule has 5 rings (SSSR count). The number of fused-ring (bicyclic) bond motifs is 2. The van der Waals surface area contributed by atoms with Gasteiger partial charge in [0.2, 0.25) is 0 Å². The van der Waals surface area contributed by atoms with Crippen LogP contribution in [0.3, 0.4) is 0 Å². The lowest BCUT2D eigenvalue weighted by atomic mass is 10.0. The minimum absolute atomic E-state index is 0.139. The van der Waals surface area contributed by atoms with Crippen LogP contribution in [0.15, 0.2) is 55.0 Å². The van der Waals surface area contributed by atoms with Crippen LogP contribution in [0, 0.1) is 5.82 Å². The molecule has 0 atom stereocenters. The number of carbonyl (C=O) groups is 1. The van der Waals surface area contributed by atoms with E-state index in [4.69, 9.17) is 17.3 Å². The van der Waals surface area contributed by atoms with Crippen LogP contribution < -0.4 is 11.1 Å². The second-order valence-corrected chi connectivity index (χ2v) is 7.21. The minimum Gasteiger partial charge on any atom is -0.381 e. The summed E-state index contributed by atoms with van der Waals surface area (Å²) in [6.45, 7) is 0. The van der Waals surface area contributed by atoms with Gasteiger partial charge >= 0.3 is 0 Å². The number of carbonyl (C=O) groups excluding carboxylic acids is 1. The molecule has 0 radical (unpaired) electrons. The Morgan fingerprint density at radius 3 is 2.55 bits per heavy atom. The standard InChI is InChI=1S/C21H15ClFN7O/c1-25-21(31)14-10-30-18(12-4-7-16-26-8-15(22)29(16)9-12)17(28-19(24)20(30)27-14)11-2-5-13(23)6-3-11/h2-10H,1H3,(H2,24,28)(H,25,31). The van der Waals surface area contributed by atoms with E-state index in [2.05, 4.69) is 20.3 Å². The van der Waals surface area contributed by atoms with Crippen LogP contribution in [0.4, 0.5) is 10.2 Å². The van der Waals surface area contributed by atoms with Gasteiger partial charge in [0, 0.05) is 30.6 Å². The topological polar surface area (TPSA) is 103 Å². The fraction of sp³-hybridized carbons (Fsp3) is 0.0476. The zero-order valence-corrected chi connectivity index (χ0v) is 16.9. The smallest absolute Gasteiger partial charge is 0.271 e. The van der Waals surface area contributed by atoms with Crippen molar-refractivity contribution in [2.75, 3.05) is 12.8 Å². The van der Waals surface area contributed by atoms with Gasteiger partial charge < -0.3 is 11.1 Å². The first-order chi connectivity index (χ1) is 15.0. The van der Waals surface area contributed by atoms with Gasteiger partial charge in [-0.3, -0.25) is 13.6 Å². The number of rotatable bonds is 3. The molecular weight excluding hydrogens is 421 g/mol. The predicted octanol–water partition coefficient (Wildman–Crippen LogP) is 3.45. The van der Waals surface area contributed by atoms with Crippen molar-refractivity contribution in [1.82, 2.24) is 29.1 Å². The van der Waals surface area contributed by atoms with Gasteiger partial charge in [0.25, 0.3) is 5.91 Å². The van der Waals surface area contributed by atoms with Crippen LogP contribution >= 0.6 is 11.6 Å². The van der Waals surface area contributed by atoms with Crippen LogP contribution in [0.1, 0.15) is 10.5 Å². The van der Waals surface area contributed by atoms with Crippen LogP contribution in [0.5, 0.6) is 0 Å². The Kier molecular flexibility index (Phi) is 4.33. The number of nitrogens with two attached hydrogens (primary N) is 1. The van der Waals surface area contributed by atoms with Crippen molar-refractivity contribution in [2.24, 2.45) is 0 Å². The molecule has 0 aliphatic rings. The van der Waals surface area contributed by atoms with Crippen molar-refractivity contribution >= 4 is 34.6 Å². The molecule has 4 aromatic heterocycles. The molecule has 0 aliphatic heterocycles. The molecule has 0 unspecified atom stereocenters. The minimum atomic E-state index is -0.365. The Labute approximate surface area is 180 Å². The quantitative estimate of drug-likeness (QED) is 0.452. The number of nitrogen functional groups attached to an aromatic ring is 1. The highest BCUT2D eigenvalue weighted by molar-refractivity contribution is 6.29. The van der Waals surface area contributed by atoms with Crippen molar-refractivity contribution < 1.29 is 9.18 Å². The van der Waals surface area contributed by atoms with Crippen LogP contribution in [-0.4, -0.2) is 36.7 Å². The number of nitrogens with one attached hydrogen (secondary N) is 1. The van der Waals surface area contributed by atoms with Crippen LogP contribution in [0.2, 0.25) is 5.15 Å². The van der Waals surface area contributed by atoms with Gasteiger partial charge in [-0.15, -0.1) is 0 Å². The molecule has 8 nitrogen and oxygen atoms in total. The number of imidazole rings is 2. The van der Waals surface area contributed by atoms with Crippen LogP contribution in [0.25, 0.3) is 33.8 Å². The molecule has 0 saturated heterocycles. The monoisotopic (exact) mass is 435 g/mol. The molecule has 0 fully saturated rings. The first kappa shape index (κ1) is 19.0. The summed E-state index contributed by atoms with van der Waals surface area (Å²) in [7, 11) is 1.52. The second kappa shape index (κ2) is 7.06. The number of halogens is 2. The highest BCUT2D eigenvalue weighted by Crippen LogP contribution is 2.34. The third kappa shape index (κ3) is 3.06. The highest BCUT2D eigenvalue weighted by Gasteiger charge is 2.21. The van der Waals surface area contributed by atoms with E-state index in [1.165, 1.54) is 19.2 Å². The molecule has 0 saturated carbocycles. The number of hydrogen-bond acceptors (Lipinski definition) is 5. The number of anilines is 1. The zero-order chi connectivity index (χ0) is 21.7. The number of pyridine rings is 1. The lowest BCUT2D eigenvalue weighted by Crippen LogP contribution is -2.17. The van der Waals surface area contributed by atoms with E-state index >= 15 is 0 Å². The highest BCUT2D eigenvalue weighted by atomic mass is 35.5. The molecule has 3 N–H and O–H groups in total. The molecular formula is C21H15ClFN7O. The summed E-state index contributed by atoms with van der Waals surface area (Å²) in [5, 5.41) is 3.00. The van der Waals surface area contributed by atoms with Crippen molar-refractivity contribution in [2.45, 2.75) is 0 Å². The van der Waals surface area contributed by atoms with Gasteiger partial charge in [0.05, 0.1) is 17.6 Å². The van der Waals surface area contributed by atoms with E-state index in [0.717, 1.165) is 5.56 Å². The Balaban J connectivity index is 1.87. The second-order valence-electron chi connectivity index (χ2n) is 6.83. The SMILES string of the molecule is CNC(=O)c1cn2c(-c3ccc4ncc(Cl)n4c3)c(-c3ccc(F)cc3)nc(N)c2n1. The van der Waals surface area contributed by atoms with Gasteiger partial charge in [-0.25, -0.2) is 19.3 Å². The van der Waals surface area contributed by atoms with Gasteiger partial charge in [-0.1, -0.05) is 11.6 Å². The maximum atomic E-state index is 13.5. The van der Waals surface area contributed by atoms with E-state index in [0.29, 0.717) is 33.4 Å². The first-order valence-electron chi connectivity index (χ1n) is 9.26. The van der Waals surface area contributed by atoms with Crippen molar-refractivity contribution in [1.29, 1.82) is 0 Å². The molecule has 5 aromatic rings. The normalized spacial score (nSPS) is 11.3. The van der Waals surface area contributed by atoms with Gasteiger partial charge in [-0.05, 0) is 36.4 Å². The molecule has 1 aromatic carbocycles. The van der Waals surface area contributed by atoms with Crippen molar-refractivity contribution in [3.63, 3.8) is 0 Å². The molecule has 10 heteroatoms. The van der Waals surface area contributed by atoms with Crippen molar-refractivity contribution in [3.8, 4) is 22.5 Å². The summed E-state index contributed by atoms with van der Waals surface area (Å²) >= 11 is 6.27. The maximum absolute atomic E-state index is 13.5. The van der Waals surface area contributed by atoms with Gasteiger partial charge in [0.1, 0.15) is 22.3 Å². The maximum Gasteiger partial charge on any atom is 0.271 e. The molecule has 0 aliphatic carbocycles. The Bertz CT molecular complexity index is 1470. The van der Waals surface area contributed by atoms with Gasteiger partial charge in [-0.2, -0.15) is 0 Å². The summed E-state index contributed by atoms with van der Waals surface area (Å²) < 4.78 is 17.0. The largest absolute Gasteiger partial charge is 0.381 e. The molecule has 0 bridgehead atoms. The van der Waals surface area contributed by atoms with Gasteiger partial charge in [0.15, 0.2) is 11.5 Å². The summed E-state index contributed by atoms with van der Waals surface area (Å²) in [6, 6.07) is 9.60. The number of benzene rings is 1. The summed E-state index contributed by atoms with van der Waals surface area (Å²) in [5.74, 6) is -0.582. The first-order valence-corrected chi connectivity index (χ1v) is 9.63. The number of aromatic nitrogens is 5. The fourth-order valence-electron chi connectivity index (χ4n) is 3.48. The molecule has 4 heterocycles. The average molecular weight is 436 g/mol. The summed E-state index contributed by atoms with van der Waals surface area (Å²) in [5.41, 5.74) is 9.88. The molecule has 1 amide bonds. The van der Waals surface area contributed by atoms with E-state index in [1.807, 2.05) is 18.3 Å². The number of amides is 1. The predicted molar refractivity (Wildman–Crippen MR) is 115 cm³/mol. The Morgan fingerprint density at radius 1 is 1.06 bits per heavy atom. The molecule has 31 heavy (non-hydrogen) atoms. The number of hydrogen-bond donors (Lipinski definition) is 2. The van der Waals surface area contributed by atoms with Crippen molar-refractivity contribution in [3.05, 3.63) is 71.7 Å². The van der Waals surface area contributed by atoms with E-state index in [1.54, 1.807) is 33.3 Å². The summed E-state index contributed by atoms with van der Waals surface area (Å²) in [6.07, 6.45) is 4.96. The Morgan fingerprint density at radius 2 is 1.81 bits per heavy atom.